The van der Waals surface area contributed by atoms with E-state index in [4.69, 9.17) is 4.42 Å². The van der Waals surface area contributed by atoms with Crippen LogP contribution in [0.1, 0.15) is 31.4 Å². The van der Waals surface area contributed by atoms with Gasteiger partial charge in [-0.15, -0.1) is 13.2 Å². The molecule has 0 saturated carbocycles. The molecule has 6 nitrogen and oxygen atoms in total. The summed E-state index contributed by atoms with van der Waals surface area (Å²) in [5, 5.41) is 4.77. The molecule has 2 aromatic carbocycles. The number of aromatic nitrogens is 2. The van der Waals surface area contributed by atoms with Gasteiger partial charge >= 0.3 is 6.36 Å². The smallest absolute Gasteiger partial charge is 0.455 e. The Kier molecular flexibility index (Phi) is 6.87. The normalized spacial score (nSPS) is 12.0. The van der Waals surface area contributed by atoms with Crippen LogP contribution in [0.15, 0.2) is 73.4 Å². The highest BCUT2D eigenvalue weighted by Gasteiger charge is 2.31. The molecule has 2 heterocycles. The molecular formula is C24H19BrF3N3O3. The molecule has 0 aliphatic rings. The van der Waals surface area contributed by atoms with Gasteiger partial charge in [-0.25, -0.2) is 4.98 Å². The number of alkyl halides is 3. The quantitative estimate of drug-likeness (QED) is 0.253. The summed E-state index contributed by atoms with van der Waals surface area (Å²) in [6.07, 6.45) is -0.968. The van der Waals surface area contributed by atoms with Crippen molar-refractivity contribution in [2.24, 2.45) is 5.10 Å². The van der Waals surface area contributed by atoms with Crippen LogP contribution in [0, 0.1) is 0 Å². The van der Waals surface area contributed by atoms with Gasteiger partial charge in [-0.3, -0.25) is 4.79 Å². The number of hydrogen-bond donors (Lipinski definition) is 0. The third kappa shape index (κ3) is 5.56. The highest BCUT2D eigenvalue weighted by molar-refractivity contribution is 9.10. The number of rotatable bonds is 7. The molecule has 0 fully saturated rings. The molecule has 176 valence electrons. The van der Waals surface area contributed by atoms with Crippen LogP contribution in [0.2, 0.25) is 0 Å². The number of benzene rings is 2. The summed E-state index contributed by atoms with van der Waals surface area (Å²) in [6, 6.07) is 14.0. The average Bonchev–Trinajstić information content (AvgIpc) is 3.26. The van der Waals surface area contributed by atoms with E-state index < -0.39 is 6.36 Å². The van der Waals surface area contributed by atoms with E-state index in [1.165, 1.54) is 35.2 Å². The van der Waals surface area contributed by atoms with Crippen LogP contribution in [-0.4, -0.2) is 22.2 Å². The van der Waals surface area contributed by atoms with Crippen molar-refractivity contribution in [2.75, 3.05) is 0 Å². The lowest BCUT2D eigenvalue weighted by molar-refractivity contribution is -0.274. The third-order valence-electron chi connectivity index (χ3n) is 4.93. The summed E-state index contributed by atoms with van der Waals surface area (Å²) in [7, 11) is 0. The zero-order chi connectivity index (χ0) is 24.3. The SMILES string of the molecule is CCCCc1nc2ccc(Br)cc2c(=O)n1N=Cc1ccc(-c2ccc(OC(F)(F)F)cc2)o1. The Labute approximate surface area is 200 Å². The van der Waals surface area contributed by atoms with Gasteiger partial charge in [-0.1, -0.05) is 29.3 Å². The lowest BCUT2D eigenvalue weighted by Gasteiger charge is -2.09. The van der Waals surface area contributed by atoms with Gasteiger partial charge in [0.25, 0.3) is 5.56 Å². The molecule has 2 aromatic heterocycles. The number of halogens is 4. The number of nitrogens with zero attached hydrogens (tertiary/aromatic N) is 3. The van der Waals surface area contributed by atoms with Crippen LogP contribution in [0.4, 0.5) is 13.2 Å². The molecule has 0 bridgehead atoms. The Balaban J connectivity index is 1.62. The van der Waals surface area contributed by atoms with E-state index >= 15 is 0 Å². The molecule has 0 atom stereocenters. The number of fused-ring (bicyclic) bond motifs is 1. The second-order valence-electron chi connectivity index (χ2n) is 7.43. The molecule has 0 aliphatic carbocycles. The van der Waals surface area contributed by atoms with E-state index in [1.807, 2.05) is 6.07 Å². The summed E-state index contributed by atoms with van der Waals surface area (Å²) in [6.45, 7) is 2.05. The number of furan rings is 1. The van der Waals surface area contributed by atoms with Crippen LogP contribution in [0.25, 0.3) is 22.2 Å². The molecule has 4 aromatic rings. The summed E-state index contributed by atoms with van der Waals surface area (Å²) in [5.41, 5.74) is 0.872. The molecule has 0 saturated heterocycles. The van der Waals surface area contributed by atoms with Crippen molar-refractivity contribution in [2.45, 2.75) is 32.5 Å². The Hall–Kier alpha value is -3.40. The van der Waals surface area contributed by atoms with Crippen LogP contribution < -0.4 is 10.3 Å². The molecule has 10 heteroatoms. The minimum Gasteiger partial charge on any atom is -0.455 e. The van der Waals surface area contributed by atoms with Crippen molar-refractivity contribution in [1.29, 1.82) is 0 Å². The average molecular weight is 534 g/mol. The zero-order valence-corrected chi connectivity index (χ0v) is 19.6. The molecule has 0 radical (unpaired) electrons. The van der Waals surface area contributed by atoms with Gasteiger partial charge in [0.1, 0.15) is 23.1 Å². The van der Waals surface area contributed by atoms with Crippen molar-refractivity contribution < 1.29 is 22.3 Å². The predicted octanol–water partition coefficient (Wildman–Crippen LogP) is 6.54. The van der Waals surface area contributed by atoms with Crippen LogP contribution in [-0.2, 0) is 6.42 Å². The fourth-order valence-corrected chi connectivity index (χ4v) is 3.68. The first-order chi connectivity index (χ1) is 16.2. The highest BCUT2D eigenvalue weighted by atomic mass is 79.9. The molecule has 0 N–H and O–H groups in total. The number of hydrogen-bond acceptors (Lipinski definition) is 5. The first kappa shape index (κ1) is 23.7. The molecular weight excluding hydrogens is 515 g/mol. The maximum absolute atomic E-state index is 13.1. The third-order valence-corrected chi connectivity index (χ3v) is 5.42. The van der Waals surface area contributed by atoms with Gasteiger partial charge in [0.15, 0.2) is 0 Å². The second-order valence-corrected chi connectivity index (χ2v) is 8.34. The largest absolute Gasteiger partial charge is 0.573 e. The van der Waals surface area contributed by atoms with Gasteiger partial charge in [0.2, 0.25) is 0 Å². The summed E-state index contributed by atoms with van der Waals surface area (Å²) >= 11 is 3.38. The summed E-state index contributed by atoms with van der Waals surface area (Å²) in [4.78, 5) is 17.7. The minimum absolute atomic E-state index is 0.291. The maximum atomic E-state index is 13.1. The second kappa shape index (κ2) is 9.84. The van der Waals surface area contributed by atoms with Gasteiger partial charge in [-0.2, -0.15) is 9.78 Å². The Morgan fingerprint density at radius 3 is 2.62 bits per heavy atom. The molecule has 0 unspecified atom stereocenters. The van der Waals surface area contributed by atoms with E-state index in [1.54, 1.807) is 24.3 Å². The predicted molar refractivity (Wildman–Crippen MR) is 126 cm³/mol. The molecule has 0 spiro atoms. The van der Waals surface area contributed by atoms with Crippen molar-refractivity contribution in [3.63, 3.8) is 0 Å². The Morgan fingerprint density at radius 2 is 1.91 bits per heavy atom. The first-order valence-electron chi connectivity index (χ1n) is 10.4. The fourth-order valence-electron chi connectivity index (χ4n) is 3.32. The van der Waals surface area contributed by atoms with Crippen molar-refractivity contribution >= 4 is 33.0 Å². The van der Waals surface area contributed by atoms with Crippen LogP contribution in [0.5, 0.6) is 5.75 Å². The maximum Gasteiger partial charge on any atom is 0.573 e. The fraction of sp³-hybridized carbons (Fsp3) is 0.208. The zero-order valence-electron chi connectivity index (χ0n) is 18.0. The topological polar surface area (TPSA) is 69.6 Å². The van der Waals surface area contributed by atoms with E-state index in [0.717, 1.165) is 17.3 Å². The van der Waals surface area contributed by atoms with E-state index in [-0.39, 0.29) is 11.3 Å². The van der Waals surface area contributed by atoms with Crippen molar-refractivity contribution in [1.82, 2.24) is 9.66 Å². The first-order valence-corrected chi connectivity index (χ1v) is 11.2. The van der Waals surface area contributed by atoms with Gasteiger partial charge in [0.05, 0.1) is 17.1 Å². The lowest BCUT2D eigenvalue weighted by atomic mass is 10.2. The van der Waals surface area contributed by atoms with Crippen molar-refractivity contribution in [3.05, 3.63) is 81.0 Å². The number of unbranched alkanes of at least 4 members (excludes halogenated alkanes) is 1. The summed E-state index contributed by atoms with van der Waals surface area (Å²) < 4.78 is 48.7. The molecule has 34 heavy (non-hydrogen) atoms. The number of ether oxygens (including phenoxy) is 1. The standard InChI is InChI=1S/C24H19BrF3N3O3/c1-2-3-4-22-30-20-11-7-16(25)13-19(20)23(32)31(22)29-14-18-10-12-21(33-18)15-5-8-17(9-6-15)34-24(26,27)28/h5-14H,2-4H2,1H3. The molecule has 0 aliphatic heterocycles. The minimum atomic E-state index is -4.75. The van der Waals surface area contributed by atoms with Crippen LogP contribution >= 0.6 is 15.9 Å². The van der Waals surface area contributed by atoms with Gasteiger partial charge in [-0.05, 0) is 61.0 Å². The van der Waals surface area contributed by atoms with Gasteiger partial charge < -0.3 is 9.15 Å². The molecule has 4 rings (SSSR count). The van der Waals surface area contributed by atoms with Gasteiger partial charge in [0, 0.05) is 16.5 Å². The van der Waals surface area contributed by atoms with E-state index in [9.17, 15) is 18.0 Å². The van der Waals surface area contributed by atoms with Crippen molar-refractivity contribution in [3.8, 4) is 17.1 Å². The highest BCUT2D eigenvalue weighted by Crippen LogP contribution is 2.27. The lowest BCUT2D eigenvalue weighted by Crippen LogP contribution is -2.22. The van der Waals surface area contributed by atoms with Crippen LogP contribution in [0.3, 0.4) is 0 Å². The molecule has 0 amide bonds. The van der Waals surface area contributed by atoms with E-state index in [0.29, 0.717) is 40.2 Å². The summed E-state index contributed by atoms with van der Waals surface area (Å²) in [5.74, 6) is 1.02. The number of aryl methyl sites for hydroxylation is 1. The van der Waals surface area contributed by atoms with E-state index in [2.05, 4.69) is 37.7 Å². The Bertz CT molecular complexity index is 1390. The Morgan fingerprint density at radius 1 is 1.15 bits per heavy atom. The monoisotopic (exact) mass is 533 g/mol.